The van der Waals surface area contributed by atoms with E-state index in [0.717, 1.165) is 14.3 Å². The highest BCUT2D eigenvalue weighted by Crippen LogP contribution is 2.31. The minimum absolute atomic E-state index is 0.336. The number of esters is 1. The van der Waals surface area contributed by atoms with Crippen LogP contribution in [0.3, 0.4) is 0 Å². The first-order chi connectivity index (χ1) is 9.10. The Hall–Kier alpha value is -0.530. The first kappa shape index (κ1) is 14.9. The number of hydrogen-bond donors (Lipinski definition) is 0. The van der Waals surface area contributed by atoms with E-state index in [2.05, 4.69) is 62.8 Å². The standard InChI is InChI=1S/C14H10BrIO2S/c1-18-14(17)12-8-11(6-7-13(12)15)19-10-4-2-9(16)3-5-10/h2-8H,1H3. The van der Waals surface area contributed by atoms with Gasteiger partial charge in [-0.1, -0.05) is 11.8 Å². The maximum Gasteiger partial charge on any atom is 0.339 e. The molecule has 0 aliphatic heterocycles. The van der Waals surface area contributed by atoms with Crippen molar-refractivity contribution in [2.45, 2.75) is 9.79 Å². The number of carbonyl (C=O) groups excluding carboxylic acids is 1. The molecular formula is C14H10BrIO2S. The predicted molar refractivity (Wildman–Crippen MR) is 88.8 cm³/mol. The lowest BCUT2D eigenvalue weighted by Gasteiger charge is -2.06. The van der Waals surface area contributed by atoms with E-state index in [4.69, 9.17) is 4.74 Å². The Balaban J connectivity index is 2.26. The Morgan fingerprint density at radius 3 is 2.42 bits per heavy atom. The normalized spacial score (nSPS) is 10.3. The summed E-state index contributed by atoms with van der Waals surface area (Å²) >= 11 is 7.24. The molecule has 0 N–H and O–H groups in total. The molecule has 2 nitrogen and oxygen atoms in total. The molecule has 98 valence electrons. The van der Waals surface area contributed by atoms with Crippen LogP contribution in [0.1, 0.15) is 10.4 Å². The van der Waals surface area contributed by atoms with Crippen molar-refractivity contribution in [3.63, 3.8) is 0 Å². The molecule has 2 rings (SSSR count). The Labute approximate surface area is 138 Å². The van der Waals surface area contributed by atoms with Crippen LogP contribution in [0.25, 0.3) is 0 Å². The molecule has 2 aromatic rings. The predicted octanol–water partition coefficient (Wildman–Crippen LogP) is 4.99. The topological polar surface area (TPSA) is 26.3 Å². The number of halogens is 2. The van der Waals surface area contributed by atoms with E-state index >= 15 is 0 Å². The molecule has 0 atom stereocenters. The van der Waals surface area contributed by atoms with Gasteiger partial charge in [0.2, 0.25) is 0 Å². The van der Waals surface area contributed by atoms with Crippen molar-refractivity contribution in [2.24, 2.45) is 0 Å². The van der Waals surface area contributed by atoms with Crippen molar-refractivity contribution in [3.8, 4) is 0 Å². The Morgan fingerprint density at radius 1 is 1.16 bits per heavy atom. The highest BCUT2D eigenvalue weighted by Gasteiger charge is 2.11. The molecule has 0 saturated heterocycles. The first-order valence-electron chi connectivity index (χ1n) is 5.41. The Kier molecular flexibility index (Phi) is 5.29. The number of methoxy groups -OCH3 is 1. The maximum absolute atomic E-state index is 11.6. The average Bonchev–Trinajstić information content (AvgIpc) is 2.42. The van der Waals surface area contributed by atoms with Crippen molar-refractivity contribution in [1.82, 2.24) is 0 Å². The number of benzene rings is 2. The van der Waals surface area contributed by atoms with E-state index < -0.39 is 0 Å². The molecule has 0 aliphatic rings. The zero-order chi connectivity index (χ0) is 13.8. The Morgan fingerprint density at radius 2 is 1.79 bits per heavy atom. The van der Waals surface area contributed by atoms with Crippen LogP contribution in [0.5, 0.6) is 0 Å². The van der Waals surface area contributed by atoms with Crippen LogP contribution in [0, 0.1) is 3.57 Å². The smallest absolute Gasteiger partial charge is 0.339 e. The second-order valence-corrected chi connectivity index (χ2v) is 6.94. The zero-order valence-electron chi connectivity index (χ0n) is 10.0. The van der Waals surface area contributed by atoms with E-state index in [0.29, 0.717) is 5.56 Å². The van der Waals surface area contributed by atoms with Gasteiger partial charge < -0.3 is 4.74 Å². The maximum atomic E-state index is 11.6. The van der Waals surface area contributed by atoms with Crippen molar-refractivity contribution >= 4 is 56.3 Å². The van der Waals surface area contributed by atoms with Crippen LogP contribution in [0.15, 0.2) is 56.7 Å². The third-order valence-electron chi connectivity index (χ3n) is 2.39. The second-order valence-electron chi connectivity index (χ2n) is 3.69. The van der Waals surface area contributed by atoms with Gasteiger partial charge in [0.15, 0.2) is 0 Å². The molecule has 0 saturated carbocycles. The summed E-state index contributed by atoms with van der Waals surface area (Å²) in [6, 6.07) is 13.9. The first-order valence-corrected chi connectivity index (χ1v) is 8.10. The molecular weight excluding hydrogens is 439 g/mol. The number of carbonyl (C=O) groups is 1. The van der Waals surface area contributed by atoms with Gasteiger partial charge in [-0.15, -0.1) is 0 Å². The summed E-state index contributed by atoms with van der Waals surface area (Å²) in [6.45, 7) is 0. The largest absolute Gasteiger partial charge is 0.465 e. The summed E-state index contributed by atoms with van der Waals surface area (Å²) < 4.78 is 6.70. The van der Waals surface area contributed by atoms with Crippen molar-refractivity contribution in [1.29, 1.82) is 0 Å². The van der Waals surface area contributed by atoms with Crippen molar-refractivity contribution in [2.75, 3.05) is 7.11 Å². The molecule has 0 fully saturated rings. The monoisotopic (exact) mass is 448 g/mol. The number of hydrogen-bond acceptors (Lipinski definition) is 3. The third kappa shape index (κ3) is 3.97. The van der Waals surface area contributed by atoms with Gasteiger partial charge in [0.25, 0.3) is 0 Å². The van der Waals surface area contributed by atoms with Crippen LogP contribution in [0.2, 0.25) is 0 Å². The quantitative estimate of drug-likeness (QED) is 0.488. The van der Waals surface area contributed by atoms with Gasteiger partial charge in [-0.25, -0.2) is 4.79 Å². The molecule has 0 bridgehead atoms. The molecule has 5 heteroatoms. The summed E-state index contributed by atoms with van der Waals surface area (Å²) in [5.41, 5.74) is 0.540. The third-order valence-corrected chi connectivity index (χ3v) is 4.80. The highest BCUT2D eigenvalue weighted by molar-refractivity contribution is 14.1. The van der Waals surface area contributed by atoms with Gasteiger partial charge in [-0.05, 0) is 81.0 Å². The van der Waals surface area contributed by atoms with Crippen molar-refractivity contribution < 1.29 is 9.53 Å². The minimum Gasteiger partial charge on any atom is -0.465 e. The lowest BCUT2D eigenvalue weighted by Crippen LogP contribution is -2.02. The zero-order valence-corrected chi connectivity index (χ0v) is 14.6. The average molecular weight is 449 g/mol. The van der Waals surface area contributed by atoms with E-state index in [1.165, 1.54) is 10.7 Å². The molecule has 2 aromatic carbocycles. The lowest BCUT2D eigenvalue weighted by atomic mass is 10.2. The minimum atomic E-state index is -0.336. The Bertz CT molecular complexity index is 599. The van der Waals surface area contributed by atoms with Crippen LogP contribution in [0.4, 0.5) is 0 Å². The SMILES string of the molecule is COC(=O)c1cc(Sc2ccc(I)cc2)ccc1Br. The highest BCUT2D eigenvalue weighted by atomic mass is 127. The summed E-state index contributed by atoms with van der Waals surface area (Å²) in [5.74, 6) is -0.336. The molecule has 19 heavy (non-hydrogen) atoms. The van der Waals surface area contributed by atoms with Gasteiger partial charge in [0.1, 0.15) is 0 Å². The van der Waals surface area contributed by atoms with Gasteiger partial charge in [0.05, 0.1) is 12.7 Å². The van der Waals surface area contributed by atoms with Crippen LogP contribution in [-0.2, 0) is 4.74 Å². The second kappa shape index (κ2) is 6.76. The fourth-order valence-corrected chi connectivity index (χ4v) is 3.10. The van der Waals surface area contributed by atoms with Gasteiger partial charge in [-0.3, -0.25) is 0 Å². The van der Waals surface area contributed by atoms with Gasteiger partial charge in [-0.2, -0.15) is 0 Å². The van der Waals surface area contributed by atoms with Crippen molar-refractivity contribution in [3.05, 3.63) is 56.1 Å². The van der Waals surface area contributed by atoms with E-state index in [1.54, 1.807) is 11.8 Å². The summed E-state index contributed by atoms with van der Waals surface area (Å²) in [5, 5.41) is 0. The van der Waals surface area contributed by atoms with Crippen LogP contribution < -0.4 is 0 Å². The molecule has 0 aliphatic carbocycles. The lowest BCUT2D eigenvalue weighted by molar-refractivity contribution is 0.0599. The fourth-order valence-electron chi connectivity index (χ4n) is 1.47. The molecule has 0 aromatic heterocycles. The molecule has 0 heterocycles. The summed E-state index contributed by atoms with van der Waals surface area (Å²) in [6.07, 6.45) is 0. The number of rotatable bonds is 3. The molecule has 0 radical (unpaired) electrons. The van der Waals surface area contributed by atoms with Crippen LogP contribution in [-0.4, -0.2) is 13.1 Å². The summed E-state index contributed by atoms with van der Waals surface area (Å²) in [4.78, 5) is 13.8. The van der Waals surface area contributed by atoms with E-state index in [-0.39, 0.29) is 5.97 Å². The number of ether oxygens (including phenoxy) is 1. The molecule has 0 amide bonds. The van der Waals surface area contributed by atoms with Crippen LogP contribution >= 0.6 is 50.3 Å². The fraction of sp³-hybridized carbons (Fsp3) is 0.0714. The van der Waals surface area contributed by atoms with Gasteiger partial charge in [0, 0.05) is 17.8 Å². The van der Waals surface area contributed by atoms with E-state index in [1.807, 2.05) is 18.2 Å². The van der Waals surface area contributed by atoms with Gasteiger partial charge >= 0.3 is 5.97 Å². The molecule has 0 unspecified atom stereocenters. The molecule has 0 spiro atoms. The summed E-state index contributed by atoms with van der Waals surface area (Å²) in [7, 11) is 1.38. The van der Waals surface area contributed by atoms with E-state index in [9.17, 15) is 4.79 Å².